The second-order valence-corrected chi connectivity index (χ2v) is 6.16. The third-order valence-electron chi connectivity index (χ3n) is 5.11. The Morgan fingerprint density at radius 2 is 1.84 bits per heavy atom. The van der Waals surface area contributed by atoms with E-state index in [-0.39, 0.29) is 0 Å². The van der Waals surface area contributed by atoms with Crippen molar-refractivity contribution in [2.45, 2.75) is 51.1 Å². The fourth-order valence-electron chi connectivity index (χ4n) is 4.10. The van der Waals surface area contributed by atoms with E-state index in [1.165, 1.54) is 56.3 Å². The van der Waals surface area contributed by atoms with Gasteiger partial charge in [0.15, 0.2) is 0 Å². The van der Waals surface area contributed by atoms with Crippen molar-refractivity contribution in [1.82, 2.24) is 4.90 Å². The molecule has 0 aromatic heterocycles. The third kappa shape index (κ3) is 2.85. The van der Waals surface area contributed by atoms with E-state index in [1.807, 2.05) is 0 Å². The Bertz CT molecular complexity index is 415. The normalized spacial score (nSPS) is 27.4. The third-order valence-corrected chi connectivity index (χ3v) is 5.11. The summed E-state index contributed by atoms with van der Waals surface area (Å²) >= 11 is 0. The van der Waals surface area contributed by atoms with Crippen LogP contribution in [0, 0.1) is 5.92 Å². The van der Waals surface area contributed by atoms with Crippen LogP contribution >= 0.6 is 0 Å². The van der Waals surface area contributed by atoms with Crippen molar-refractivity contribution in [3.63, 3.8) is 0 Å². The number of benzene rings is 1. The van der Waals surface area contributed by atoms with Crippen LogP contribution < -0.4 is 5.73 Å². The maximum Gasteiger partial charge on any atom is 0.0180 e. The molecule has 1 saturated heterocycles. The van der Waals surface area contributed by atoms with Crippen LogP contribution in [0.15, 0.2) is 24.3 Å². The maximum atomic E-state index is 5.83. The zero-order valence-corrected chi connectivity index (χ0v) is 11.9. The molecule has 104 valence electrons. The van der Waals surface area contributed by atoms with Gasteiger partial charge in [0, 0.05) is 19.1 Å². The zero-order valence-electron chi connectivity index (χ0n) is 11.9. The minimum Gasteiger partial charge on any atom is -0.326 e. The summed E-state index contributed by atoms with van der Waals surface area (Å²) in [6.07, 6.45) is 8.39. The van der Waals surface area contributed by atoms with Crippen LogP contribution in [0.3, 0.4) is 0 Å². The van der Waals surface area contributed by atoms with Gasteiger partial charge in [-0.1, -0.05) is 30.7 Å². The Morgan fingerprint density at radius 3 is 2.68 bits per heavy atom. The lowest BCUT2D eigenvalue weighted by atomic mass is 9.91. The molecule has 0 bridgehead atoms. The van der Waals surface area contributed by atoms with Crippen molar-refractivity contribution in [2.24, 2.45) is 11.7 Å². The van der Waals surface area contributed by atoms with Crippen LogP contribution in [0.25, 0.3) is 0 Å². The van der Waals surface area contributed by atoms with Crippen molar-refractivity contribution in [3.05, 3.63) is 35.4 Å². The van der Waals surface area contributed by atoms with Gasteiger partial charge >= 0.3 is 0 Å². The fraction of sp³-hybridized carbons (Fsp3) is 0.647. The van der Waals surface area contributed by atoms with Crippen LogP contribution in [-0.4, -0.2) is 24.0 Å². The topological polar surface area (TPSA) is 29.3 Å². The van der Waals surface area contributed by atoms with Crippen LogP contribution in [0.1, 0.15) is 43.2 Å². The molecule has 2 unspecified atom stereocenters. The van der Waals surface area contributed by atoms with Crippen LogP contribution in [0.2, 0.25) is 0 Å². The average Bonchev–Trinajstić information content (AvgIpc) is 2.94. The Hall–Kier alpha value is -0.860. The zero-order chi connectivity index (χ0) is 13.1. The predicted octanol–water partition coefficient (Wildman–Crippen LogP) is 2.95. The van der Waals surface area contributed by atoms with Gasteiger partial charge in [0.25, 0.3) is 0 Å². The lowest BCUT2D eigenvalue weighted by Gasteiger charge is -2.37. The smallest absolute Gasteiger partial charge is 0.0180 e. The number of piperidine rings is 1. The van der Waals surface area contributed by atoms with Crippen LogP contribution in [0.5, 0.6) is 0 Å². The molecule has 2 aliphatic rings. The molecule has 1 aromatic carbocycles. The quantitative estimate of drug-likeness (QED) is 0.899. The molecule has 0 amide bonds. The number of rotatable bonds is 4. The van der Waals surface area contributed by atoms with E-state index < -0.39 is 0 Å². The second-order valence-electron chi connectivity index (χ2n) is 6.16. The van der Waals surface area contributed by atoms with E-state index in [0.717, 1.165) is 18.4 Å². The first-order valence-electron chi connectivity index (χ1n) is 7.89. The highest BCUT2D eigenvalue weighted by Crippen LogP contribution is 2.36. The summed E-state index contributed by atoms with van der Waals surface area (Å²) in [5.74, 6) is 0.999. The Kier molecular flexibility index (Phi) is 4.19. The molecule has 2 fully saturated rings. The maximum absolute atomic E-state index is 5.83. The molecule has 1 aromatic rings. The summed E-state index contributed by atoms with van der Waals surface area (Å²) in [7, 11) is 0. The number of hydrogen-bond donors (Lipinski definition) is 1. The lowest BCUT2D eigenvalue weighted by Crippen LogP contribution is -2.43. The first-order chi connectivity index (χ1) is 9.38. The number of fused-ring (bicyclic) bond motifs is 1. The van der Waals surface area contributed by atoms with E-state index in [4.69, 9.17) is 5.73 Å². The molecular weight excluding hydrogens is 232 g/mol. The number of nitrogens with two attached hydrogens (primary N) is 1. The first kappa shape index (κ1) is 13.1. The molecule has 0 radical (unpaired) electrons. The summed E-state index contributed by atoms with van der Waals surface area (Å²) in [6, 6.07) is 9.55. The highest BCUT2D eigenvalue weighted by atomic mass is 15.2. The van der Waals surface area contributed by atoms with Crippen LogP contribution in [0.4, 0.5) is 0 Å². The first-order valence-corrected chi connectivity index (χ1v) is 7.89. The summed E-state index contributed by atoms with van der Waals surface area (Å²) < 4.78 is 0. The number of likely N-dealkylation sites (tertiary alicyclic amines) is 1. The molecule has 1 heterocycles. The van der Waals surface area contributed by atoms with Crippen molar-refractivity contribution in [2.75, 3.05) is 13.1 Å². The average molecular weight is 258 g/mol. The minimum absolute atomic E-state index is 0.669. The Balaban J connectivity index is 1.62. The summed E-state index contributed by atoms with van der Waals surface area (Å²) in [5.41, 5.74) is 8.60. The highest BCUT2D eigenvalue weighted by Gasteiger charge is 2.34. The summed E-state index contributed by atoms with van der Waals surface area (Å²) in [4.78, 5) is 2.76. The van der Waals surface area contributed by atoms with Crippen molar-refractivity contribution >= 4 is 0 Å². The molecule has 3 rings (SSSR count). The largest absolute Gasteiger partial charge is 0.326 e. The van der Waals surface area contributed by atoms with Crippen molar-refractivity contribution in [1.29, 1.82) is 0 Å². The minimum atomic E-state index is 0.669. The lowest BCUT2D eigenvalue weighted by molar-refractivity contribution is 0.114. The molecule has 19 heavy (non-hydrogen) atoms. The molecule has 0 spiro atoms. The molecule has 2 nitrogen and oxygen atoms in total. The van der Waals surface area contributed by atoms with Crippen molar-refractivity contribution < 1.29 is 0 Å². The SMILES string of the molecule is NCc1ccccc1CCN1CCCC2CCCC21. The van der Waals surface area contributed by atoms with Gasteiger partial charge < -0.3 is 5.73 Å². The van der Waals surface area contributed by atoms with E-state index in [1.54, 1.807) is 0 Å². The standard InChI is InChI=1S/C17H26N2/c18-13-16-6-2-1-5-14(16)10-12-19-11-4-8-15-7-3-9-17(15)19/h1-2,5-6,15,17H,3-4,7-13,18H2. The number of hydrogen-bond acceptors (Lipinski definition) is 2. The predicted molar refractivity (Wildman–Crippen MR) is 80.0 cm³/mol. The van der Waals surface area contributed by atoms with E-state index in [0.29, 0.717) is 6.54 Å². The van der Waals surface area contributed by atoms with Gasteiger partial charge in [-0.3, -0.25) is 4.90 Å². The van der Waals surface area contributed by atoms with E-state index in [2.05, 4.69) is 29.2 Å². The van der Waals surface area contributed by atoms with Gasteiger partial charge in [-0.2, -0.15) is 0 Å². The molecule has 2 heteroatoms. The van der Waals surface area contributed by atoms with Gasteiger partial charge in [-0.15, -0.1) is 0 Å². The van der Waals surface area contributed by atoms with Gasteiger partial charge in [-0.05, 0) is 55.7 Å². The summed E-state index contributed by atoms with van der Waals surface area (Å²) in [5, 5.41) is 0. The molecule has 1 aliphatic heterocycles. The molecule has 2 N–H and O–H groups in total. The Labute approximate surface area is 117 Å². The van der Waals surface area contributed by atoms with Crippen LogP contribution in [-0.2, 0) is 13.0 Å². The molecule has 1 aliphatic carbocycles. The van der Waals surface area contributed by atoms with Gasteiger partial charge in [0.2, 0.25) is 0 Å². The monoisotopic (exact) mass is 258 g/mol. The summed E-state index contributed by atoms with van der Waals surface area (Å²) in [6.45, 7) is 3.20. The number of nitrogens with zero attached hydrogens (tertiary/aromatic N) is 1. The van der Waals surface area contributed by atoms with Gasteiger partial charge in [0.05, 0.1) is 0 Å². The Morgan fingerprint density at radius 1 is 1.05 bits per heavy atom. The highest BCUT2D eigenvalue weighted by molar-refractivity contribution is 5.27. The molecular formula is C17H26N2. The van der Waals surface area contributed by atoms with Gasteiger partial charge in [0.1, 0.15) is 0 Å². The van der Waals surface area contributed by atoms with Crippen molar-refractivity contribution in [3.8, 4) is 0 Å². The second kappa shape index (κ2) is 6.06. The molecule has 2 atom stereocenters. The van der Waals surface area contributed by atoms with E-state index in [9.17, 15) is 0 Å². The van der Waals surface area contributed by atoms with Gasteiger partial charge in [-0.25, -0.2) is 0 Å². The van der Waals surface area contributed by atoms with E-state index >= 15 is 0 Å². The molecule has 1 saturated carbocycles. The fourth-order valence-corrected chi connectivity index (χ4v) is 4.10.